The summed E-state index contributed by atoms with van der Waals surface area (Å²) in [5.41, 5.74) is -2.09. The Morgan fingerprint density at radius 3 is 2.27 bits per heavy atom. The Bertz CT molecular complexity index is 936. The van der Waals surface area contributed by atoms with Crippen LogP contribution < -0.4 is 10.2 Å². The summed E-state index contributed by atoms with van der Waals surface area (Å²) in [6, 6.07) is -0.268. The van der Waals surface area contributed by atoms with E-state index in [-0.39, 0.29) is 28.6 Å². The molecule has 0 unspecified atom stereocenters. The number of hydrogen-bond acceptors (Lipinski definition) is 2. The maximum absolute atomic E-state index is 14.2. The van der Waals surface area contributed by atoms with E-state index in [1.165, 1.54) is 4.57 Å². The quantitative estimate of drug-likeness (QED) is 0.365. The third kappa shape index (κ3) is 1.54. The zero-order chi connectivity index (χ0) is 15.8. The number of carbonyl (C=O) groups excluding carboxylic acids is 1. The summed E-state index contributed by atoms with van der Waals surface area (Å²) in [6.45, 7) is 0. The molecule has 0 bridgehead atoms. The first kappa shape index (κ1) is 13.6. The number of rotatable bonds is 1. The van der Waals surface area contributed by atoms with Crippen LogP contribution in [0.1, 0.15) is 29.2 Å². The summed E-state index contributed by atoms with van der Waals surface area (Å²) >= 11 is 0.240. The Hall–Kier alpha value is -2.03. The molecule has 9 heteroatoms. The van der Waals surface area contributed by atoms with Crippen LogP contribution in [0, 0.1) is 23.3 Å². The number of thiol groups is 1. The number of pyridine rings is 1. The number of aromatic nitrogens is 1. The fraction of sp³-hybridized carbons (Fsp3) is 0.231. The van der Waals surface area contributed by atoms with Gasteiger partial charge in [0.2, 0.25) is 5.43 Å². The molecule has 1 fully saturated rings. The minimum atomic E-state index is -2.06. The van der Waals surface area contributed by atoms with E-state index < -0.39 is 45.5 Å². The van der Waals surface area contributed by atoms with Gasteiger partial charge in [-0.15, -0.1) is 0 Å². The molecule has 2 aliphatic rings. The van der Waals surface area contributed by atoms with Gasteiger partial charge in [0.05, 0.1) is 15.9 Å². The lowest BCUT2D eigenvalue weighted by Gasteiger charge is -2.16. The maximum atomic E-state index is 14.2. The number of carbonyl (C=O) groups is 1. The molecule has 4 rings (SSSR count). The highest BCUT2D eigenvalue weighted by molar-refractivity contribution is 7.98. The molecule has 1 aliphatic heterocycles. The normalized spacial score (nSPS) is 17.0. The highest BCUT2D eigenvalue weighted by Crippen LogP contribution is 2.43. The molecule has 0 atom stereocenters. The van der Waals surface area contributed by atoms with Gasteiger partial charge in [-0.1, -0.05) is 11.9 Å². The van der Waals surface area contributed by atoms with Gasteiger partial charge in [0, 0.05) is 6.04 Å². The van der Waals surface area contributed by atoms with Gasteiger partial charge in [-0.05, 0) is 12.8 Å². The molecule has 1 aromatic carbocycles. The second-order valence-corrected chi connectivity index (χ2v) is 6.03. The van der Waals surface area contributed by atoms with E-state index in [4.69, 9.17) is 0 Å². The Kier molecular flexibility index (Phi) is 2.63. The molecule has 4 nitrogen and oxygen atoms in total. The Morgan fingerprint density at radius 2 is 1.64 bits per heavy atom. The van der Waals surface area contributed by atoms with Gasteiger partial charge in [0.1, 0.15) is 5.56 Å². The molecule has 0 saturated heterocycles. The number of nitrogens with one attached hydrogen (secondary N) is 1. The third-order valence-electron chi connectivity index (χ3n) is 3.79. The van der Waals surface area contributed by atoms with Crippen LogP contribution in [0.3, 0.4) is 0 Å². The third-order valence-corrected chi connectivity index (χ3v) is 4.76. The number of hydrogen-bond donors (Lipinski definition) is 2. The number of amides is 1. The Balaban J connectivity index is 2.32. The van der Waals surface area contributed by atoms with Gasteiger partial charge in [-0.25, -0.2) is 17.6 Å². The van der Waals surface area contributed by atoms with E-state index >= 15 is 0 Å². The molecule has 2 heterocycles. The van der Waals surface area contributed by atoms with Crippen LogP contribution in [0.5, 0.6) is 0 Å². The van der Waals surface area contributed by atoms with Gasteiger partial charge < -0.3 is 9.29 Å². The lowest BCUT2D eigenvalue weighted by molar-refractivity contribution is 0.0985. The zero-order valence-corrected chi connectivity index (χ0v) is 11.6. The van der Waals surface area contributed by atoms with Gasteiger partial charge in [-0.2, -0.15) is 0 Å². The molecule has 1 saturated carbocycles. The number of halogens is 4. The summed E-state index contributed by atoms with van der Waals surface area (Å²) in [5, 5.41) is -0.761. The predicted molar refractivity (Wildman–Crippen MR) is 71.0 cm³/mol. The van der Waals surface area contributed by atoms with Crippen molar-refractivity contribution in [3.05, 3.63) is 39.1 Å². The van der Waals surface area contributed by atoms with Crippen molar-refractivity contribution in [2.75, 3.05) is 0 Å². The van der Waals surface area contributed by atoms with E-state index in [1.54, 1.807) is 0 Å². The number of fused-ring (bicyclic) bond motifs is 2. The van der Waals surface area contributed by atoms with Gasteiger partial charge in [-0.3, -0.25) is 9.59 Å². The second kappa shape index (κ2) is 4.25. The van der Waals surface area contributed by atoms with E-state index in [2.05, 4.69) is 4.72 Å². The van der Waals surface area contributed by atoms with Gasteiger partial charge in [0.15, 0.2) is 23.3 Å². The summed E-state index contributed by atoms with van der Waals surface area (Å²) in [6.07, 6.45) is 1.24. The van der Waals surface area contributed by atoms with Crippen molar-refractivity contribution in [2.45, 2.75) is 23.9 Å². The molecule has 2 aromatic rings. The molecule has 1 aliphatic carbocycles. The first-order valence-corrected chi connectivity index (χ1v) is 7.28. The van der Waals surface area contributed by atoms with E-state index in [0.717, 1.165) is 0 Å². The molecule has 1 N–H and O–H groups in total. The van der Waals surface area contributed by atoms with Crippen molar-refractivity contribution >= 4 is 28.8 Å². The van der Waals surface area contributed by atoms with E-state index in [1.807, 2.05) is 0 Å². The van der Waals surface area contributed by atoms with Crippen LogP contribution >= 0.6 is 11.9 Å². The first-order chi connectivity index (χ1) is 10.4. The fourth-order valence-electron chi connectivity index (χ4n) is 2.67. The summed E-state index contributed by atoms with van der Waals surface area (Å²) in [5.74, 6) is -8.14. The van der Waals surface area contributed by atoms with Crippen molar-refractivity contribution in [1.29, 1.82) is 0 Å². The van der Waals surface area contributed by atoms with Crippen molar-refractivity contribution < 1.29 is 22.4 Å². The van der Waals surface area contributed by atoms with Gasteiger partial charge >= 0.3 is 0 Å². The highest BCUT2D eigenvalue weighted by atomic mass is 32.2. The Labute approximate surface area is 124 Å². The monoisotopic (exact) mass is 331 g/mol. The summed E-state index contributed by atoms with van der Waals surface area (Å²) in [4.78, 5) is 24.0. The average Bonchev–Trinajstić information content (AvgIpc) is 3.25. The van der Waals surface area contributed by atoms with Crippen LogP contribution in [0.25, 0.3) is 10.9 Å². The number of benzene rings is 1. The fourth-order valence-corrected chi connectivity index (χ4v) is 3.67. The molecule has 0 spiro atoms. The van der Waals surface area contributed by atoms with Crippen LogP contribution in [-0.2, 0) is 0 Å². The molecule has 115 valence electrons. The number of nitrogens with zero attached hydrogens (tertiary/aromatic N) is 1. The highest BCUT2D eigenvalue weighted by Gasteiger charge is 2.37. The van der Waals surface area contributed by atoms with Crippen LogP contribution in [-0.4, -0.2) is 10.5 Å². The Morgan fingerprint density at radius 1 is 1.00 bits per heavy atom. The smallest absolute Gasteiger partial charge is 0.267 e. The second-order valence-electron chi connectivity index (χ2n) is 5.16. The molecule has 1 radical (unpaired) electrons. The molecular formula is C13H7F4N2O2S. The standard InChI is InChI=1S/C13H7F4N2O2S/c14-6-4-10(9(17)8(16)7(6)15)19(3-1-2-3)13-5(11(4)20)12(21)18-22-13/h3,22H,1-2H2,(H,18,21). The topological polar surface area (TPSA) is 51.1 Å². The summed E-state index contributed by atoms with van der Waals surface area (Å²) in [7, 11) is 0. The van der Waals surface area contributed by atoms with Crippen molar-refractivity contribution in [1.82, 2.24) is 9.29 Å². The van der Waals surface area contributed by atoms with Crippen molar-refractivity contribution in [3.8, 4) is 0 Å². The zero-order valence-electron chi connectivity index (χ0n) is 10.7. The lowest BCUT2D eigenvalue weighted by Crippen LogP contribution is -2.23. The molecular weight excluding hydrogens is 324 g/mol. The van der Waals surface area contributed by atoms with E-state index in [0.29, 0.717) is 12.8 Å². The van der Waals surface area contributed by atoms with Crippen molar-refractivity contribution in [2.24, 2.45) is 0 Å². The molecule has 1 aromatic heterocycles. The lowest BCUT2D eigenvalue weighted by atomic mass is 10.1. The summed E-state index contributed by atoms with van der Waals surface area (Å²) < 4.78 is 58.8. The first-order valence-electron chi connectivity index (χ1n) is 6.38. The molecule has 22 heavy (non-hydrogen) atoms. The SMILES string of the molecule is O=C1N[SH]c2c1c(=O)c1c(F)c(F)c(F)c(F)c1n2C1CC1. The largest absolute Gasteiger partial charge is 0.329 e. The maximum Gasteiger partial charge on any atom is 0.267 e. The average molecular weight is 331 g/mol. The predicted octanol–water partition coefficient (Wildman–Crippen LogP) is 2.38. The van der Waals surface area contributed by atoms with E-state index in [9.17, 15) is 27.2 Å². The van der Waals surface area contributed by atoms with Crippen molar-refractivity contribution in [3.63, 3.8) is 0 Å². The molecule has 1 amide bonds. The van der Waals surface area contributed by atoms with Crippen LogP contribution in [0.4, 0.5) is 17.6 Å². The van der Waals surface area contributed by atoms with Crippen LogP contribution in [0.2, 0.25) is 0 Å². The minimum Gasteiger partial charge on any atom is -0.329 e. The van der Waals surface area contributed by atoms with Crippen LogP contribution in [0.15, 0.2) is 9.82 Å². The van der Waals surface area contributed by atoms with Gasteiger partial charge in [0.25, 0.3) is 5.91 Å². The minimum absolute atomic E-state index is 0.161.